The molecule has 1 aromatic rings. The molecule has 0 fully saturated rings. The van der Waals surface area contributed by atoms with E-state index in [9.17, 15) is 0 Å². The number of ether oxygens (including phenoxy) is 1. The lowest BCUT2D eigenvalue weighted by atomic mass is 9.85. The summed E-state index contributed by atoms with van der Waals surface area (Å²) >= 11 is 0. The van der Waals surface area contributed by atoms with Crippen molar-refractivity contribution in [3.05, 3.63) is 28.8 Å². The molecule has 2 rings (SSSR count). The highest BCUT2D eigenvalue weighted by Gasteiger charge is 2.22. The van der Waals surface area contributed by atoms with Crippen molar-refractivity contribution >= 4 is 0 Å². The number of rotatable bonds is 2. The van der Waals surface area contributed by atoms with Gasteiger partial charge in [0, 0.05) is 11.1 Å². The fourth-order valence-electron chi connectivity index (χ4n) is 2.44. The monoisotopic (exact) mass is 219 g/mol. The van der Waals surface area contributed by atoms with Crippen LogP contribution in [0.2, 0.25) is 0 Å². The molecule has 0 bridgehead atoms. The van der Waals surface area contributed by atoms with Crippen LogP contribution in [0, 0.1) is 0 Å². The second-order valence-corrected chi connectivity index (χ2v) is 5.25. The molecule has 2 heteroatoms. The van der Waals surface area contributed by atoms with Crippen LogP contribution in [0.15, 0.2) is 12.1 Å². The molecule has 2 N–H and O–H groups in total. The van der Waals surface area contributed by atoms with Crippen LogP contribution in [0.3, 0.4) is 0 Å². The SMILES string of the molecule is COc1cc2c(cc1C(C)(C)N)CCCC2. The second kappa shape index (κ2) is 4.10. The molecule has 0 aromatic heterocycles. The van der Waals surface area contributed by atoms with Crippen molar-refractivity contribution in [2.75, 3.05) is 7.11 Å². The van der Waals surface area contributed by atoms with Gasteiger partial charge in [-0.3, -0.25) is 0 Å². The molecule has 0 atom stereocenters. The lowest BCUT2D eigenvalue weighted by molar-refractivity contribution is 0.393. The van der Waals surface area contributed by atoms with Gasteiger partial charge in [-0.15, -0.1) is 0 Å². The zero-order valence-electron chi connectivity index (χ0n) is 10.5. The van der Waals surface area contributed by atoms with Crippen LogP contribution in [0.5, 0.6) is 5.75 Å². The van der Waals surface area contributed by atoms with Crippen molar-refractivity contribution in [1.82, 2.24) is 0 Å². The third-order valence-corrected chi connectivity index (χ3v) is 3.36. The maximum absolute atomic E-state index is 6.19. The van der Waals surface area contributed by atoms with E-state index in [1.165, 1.54) is 36.8 Å². The lowest BCUT2D eigenvalue weighted by Crippen LogP contribution is -2.29. The molecule has 0 amide bonds. The number of aryl methyl sites for hydroxylation is 2. The first-order chi connectivity index (χ1) is 7.52. The van der Waals surface area contributed by atoms with Crippen molar-refractivity contribution in [3.63, 3.8) is 0 Å². The minimum absolute atomic E-state index is 0.335. The standard InChI is InChI=1S/C14H21NO/c1-14(2,15)12-8-10-6-4-5-7-11(10)9-13(12)16-3/h8-9H,4-7,15H2,1-3H3. The van der Waals surface area contributed by atoms with Crippen molar-refractivity contribution < 1.29 is 4.74 Å². The summed E-state index contributed by atoms with van der Waals surface area (Å²) in [7, 11) is 1.72. The maximum atomic E-state index is 6.19. The molecule has 0 aliphatic heterocycles. The average Bonchev–Trinajstić information content (AvgIpc) is 2.26. The number of methoxy groups -OCH3 is 1. The van der Waals surface area contributed by atoms with Gasteiger partial charge in [-0.25, -0.2) is 0 Å². The van der Waals surface area contributed by atoms with E-state index in [-0.39, 0.29) is 5.54 Å². The Balaban J connectivity index is 2.52. The first kappa shape index (κ1) is 11.5. The van der Waals surface area contributed by atoms with Crippen LogP contribution in [0.25, 0.3) is 0 Å². The van der Waals surface area contributed by atoms with Gasteiger partial charge in [0.1, 0.15) is 5.75 Å². The highest BCUT2D eigenvalue weighted by Crippen LogP contribution is 2.33. The van der Waals surface area contributed by atoms with Gasteiger partial charge in [-0.05, 0) is 62.8 Å². The minimum Gasteiger partial charge on any atom is -0.496 e. The van der Waals surface area contributed by atoms with Gasteiger partial charge in [-0.1, -0.05) is 0 Å². The van der Waals surface area contributed by atoms with E-state index in [1.54, 1.807) is 7.11 Å². The van der Waals surface area contributed by atoms with E-state index < -0.39 is 0 Å². The summed E-state index contributed by atoms with van der Waals surface area (Å²) < 4.78 is 5.46. The molecule has 0 spiro atoms. The Kier molecular flexibility index (Phi) is 2.94. The van der Waals surface area contributed by atoms with Crippen molar-refractivity contribution in [3.8, 4) is 5.75 Å². The number of benzene rings is 1. The second-order valence-electron chi connectivity index (χ2n) is 5.25. The molecule has 0 saturated carbocycles. The molecule has 0 saturated heterocycles. The summed E-state index contributed by atoms with van der Waals surface area (Å²) in [4.78, 5) is 0. The minimum atomic E-state index is -0.335. The van der Waals surface area contributed by atoms with Crippen LogP contribution in [0.4, 0.5) is 0 Å². The van der Waals surface area contributed by atoms with E-state index in [0.717, 1.165) is 11.3 Å². The van der Waals surface area contributed by atoms with Crippen molar-refractivity contribution in [1.29, 1.82) is 0 Å². The fraction of sp³-hybridized carbons (Fsp3) is 0.571. The Morgan fingerprint density at radius 1 is 1.12 bits per heavy atom. The largest absolute Gasteiger partial charge is 0.496 e. The van der Waals surface area contributed by atoms with Gasteiger partial charge in [0.2, 0.25) is 0 Å². The average molecular weight is 219 g/mol. The normalized spacial score (nSPS) is 15.8. The molecule has 0 unspecified atom stereocenters. The molecular formula is C14H21NO. The Morgan fingerprint density at radius 3 is 2.19 bits per heavy atom. The zero-order valence-corrected chi connectivity index (χ0v) is 10.5. The molecule has 0 radical (unpaired) electrons. The number of hydrogen-bond acceptors (Lipinski definition) is 2. The quantitative estimate of drug-likeness (QED) is 0.830. The third kappa shape index (κ3) is 2.07. The Morgan fingerprint density at radius 2 is 1.69 bits per heavy atom. The first-order valence-corrected chi connectivity index (χ1v) is 6.01. The van der Waals surface area contributed by atoms with Gasteiger partial charge in [0.25, 0.3) is 0 Å². The predicted octanol–water partition coefficient (Wildman–Crippen LogP) is 2.77. The summed E-state index contributed by atoms with van der Waals surface area (Å²) in [6.07, 6.45) is 4.95. The van der Waals surface area contributed by atoms with E-state index in [0.29, 0.717) is 0 Å². The molecule has 1 aliphatic carbocycles. The smallest absolute Gasteiger partial charge is 0.124 e. The molecule has 88 valence electrons. The van der Waals surface area contributed by atoms with Gasteiger partial charge in [-0.2, -0.15) is 0 Å². The fourth-order valence-corrected chi connectivity index (χ4v) is 2.44. The van der Waals surface area contributed by atoms with E-state index in [2.05, 4.69) is 12.1 Å². The van der Waals surface area contributed by atoms with Gasteiger partial charge in [0.05, 0.1) is 7.11 Å². The van der Waals surface area contributed by atoms with E-state index in [1.807, 2.05) is 13.8 Å². The summed E-state index contributed by atoms with van der Waals surface area (Å²) in [6, 6.07) is 4.42. The van der Waals surface area contributed by atoms with E-state index in [4.69, 9.17) is 10.5 Å². The molecule has 1 aromatic carbocycles. The third-order valence-electron chi connectivity index (χ3n) is 3.36. The zero-order chi connectivity index (χ0) is 11.8. The van der Waals surface area contributed by atoms with Crippen LogP contribution in [-0.4, -0.2) is 7.11 Å². The van der Waals surface area contributed by atoms with Crippen LogP contribution in [0.1, 0.15) is 43.4 Å². The van der Waals surface area contributed by atoms with Crippen LogP contribution in [-0.2, 0) is 18.4 Å². The summed E-state index contributed by atoms with van der Waals surface area (Å²) in [5, 5.41) is 0. The highest BCUT2D eigenvalue weighted by molar-refractivity contribution is 5.46. The Bertz CT molecular complexity index is 390. The summed E-state index contributed by atoms with van der Waals surface area (Å²) in [5.74, 6) is 0.938. The van der Waals surface area contributed by atoms with Crippen LogP contribution < -0.4 is 10.5 Å². The lowest BCUT2D eigenvalue weighted by Gasteiger charge is -2.26. The molecule has 16 heavy (non-hydrogen) atoms. The summed E-state index contributed by atoms with van der Waals surface area (Å²) in [5.41, 5.74) is 9.87. The number of hydrogen-bond donors (Lipinski definition) is 1. The van der Waals surface area contributed by atoms with E-state index >= 15 is 0 Å². The first-order valence-electron chi connectivity index (χ1n) is 6.01. The van der Waals surface area contributed by atoms with Gasteiger partial charge < -0.3 is 10.5 Å². The van der Waals surface area contributed by atoms with Gasteiger partial charge in [0.15, 0.2) is 0 Å². The predicted molar refractivity (Wildman–Crippen MR) is 66.8 cm³/mol. The molecule has 2 nitrogen and oxygen atoms in total. The topological polar surface area (TPSA) is 35.2 Å². The van der Waals surface area contributed by atoms with Crippen LogP contribution >= 0.6 is 0 Å². The number of nitrogens with two attached hydrogens (primary N) is 1. The van der Waals surface area contributed by atoms with Gasteiger partial charge >= 0.3 is 0 Å². The highest BCUT2D eigenvalue weighted by atomic mass is 16.5. The van der Waals surface area contributed by atoms with Crippen molar-refractivity contribution in [2.24, 2.45) is 5.73 Å². The number of fused-ring (bicyclic) bond motifs is 1. The maximum Gasteiger partial charge on any atom is 0.124 e. The molecule has 1 aliphatic rings. The Hall–Kier alpha value is -1.02. The summed E-state index contributed by atoms with van der Waals surface area (Å²) in [6.45, 7) is 4.06. The molecule has 0 heterocycles. The Labute approximate surface area is 97.8 Å². The van der Waals surface area contributed by atoms with Crippen molar-refractivity contribution in [2.45, 2.75) is 45.1 Å². The molecular weight excluding hydrogens is 198 g/mol.